The maximum atomic E-state index is 11.1. The summed E-state index contributed by atoms with van der Waals surface area (Å²) < 4.78 is 5.59. The lowest BCUT2D eigenvalue weighted by Crippen LogP contribution is -2.01. The number of carbonyl (C=O) groups is 1. The van der Waals surface area contributed by atoms with E-state index in [9.17, 15) is 4.79 Å². The van der Waals surface area contributed by atoms with Crippen molar-refractivity contribution in [3.8, 4) is 11.5 Å². The number of ether oxygens (including phenoxy) is 1. The van der Waals surface area contributed by atoms with Crippen LogP contribution in [0, 0.1) is 0 Å². The fraction of sp³-hybridized carbons (Fsp3) is 0.133. The summed E-state index contributed by atoms with van der Waals surface area (Å²) in [6.45, 7) is 2.07. The van der Waals surface area contributed by atoms with Gasteiger partial charge in [-0.15, -0.1) is 0 Å². The number of aromatic carboxylic acids is 1. The molecule has 0 saturated heterocycles. The first-order valence-electron chi connectivity index (χ1n) is 5.99. The minimum atomic E-state index is -1.04. The SMILES string of the molecule is CCc1ccc(Oc2cc(N)ccc2C(=O)O)cc1. The Morgan fingerprint density at radius 2 is 1.89 bits per heavy atom. The number of rotatable bonds is 4. The lowest BCUT2D eigenvalue weighted by molar-refractivity contribution is 0.0694. The topological polar surface area (TPSA) is 72.5 Å². The van der Waals surface area contributed by atoms with Crippen LogP contribution in [0.25, 0.3) is 0 Å². The number of hydrogen-bond acceptors (Lipinski definition) is 3. The van der Waals surface area contributed by atoms with Gasteiger partial charge in [-0.1, -0.05) is 19.1 Å². The number of carboxylic acids is 1. The van der Waals surface area contributed by atoms with Crippen LogP contribution in [0.3, 0.4) is 0 Å². The average Bonchev–Trinajstić information content (AvgIpc) is 2.39. The Labute approximate surface area is 111 Å². The van der Waals surface area contributed by atoms with Crippen molar-refractivity contribution in [2.75, 3.05) is 5.73 Å². The Kier molecular flexibility index (Phi) is 3.71. The van der Waals surface area contributed by atoms with Gasteiger partial charge in [0.25, 0.3) is 0 Å². The van der Waals surface area contributed by atoms with Gasteiger partial charge in [-0.25, -0.2) is 4.79 Å². The Balaban J connectivity index is 2.31. The monoisotopic (exact) mass is 257 g/mol. The highest BCUT2D eigenvalue weighted by Gasteiger charge is 2.12. The van der Waals surface area contributed by atoms with Crippen molar-refractivity contribution < 1.29 is 14.6 Å². The van der Waals surface area contributed by atoms with Crippen LogP contribution >= 0.6 is 0 Å². The molecule has 0 atom stereocenters. The first kappa shape index (κ1) is 13.0. The predicted octanol–water partition coefficient (Wildman–Crippen LogP) is 3.32. The van der Waals surface area contributed by atoms with E-state index in [0.29, 0.717) is 11.4 Å². The van der Waals surface area contributed by atoms with Crippen LogP contribution in [0.2, 0.25) is 0 Å². The molecular weight excluding hydrogens is 242 g/mol. The fourth-order valence-corrected chi connectivity index (χ4v) is 1.72. The van der Waals surface area contributed by atoms with Crippen LogP contribution in [0.15, 0.2) is 42.5 Å². The largest absolute Gasteiger partial charge is 0.478 e. The van der Waals surface area contributed by atoms with E-state index in [1.54, 1.807) is 0 Å². The van der Waals surface area contributed by atoms with Crippen molar-refractivity contribution in [3.63, 3.8) is 0 Å². The van der Waals surface area contributed by atoms with Crippen LogP contribution in [0.5, 0.6) is 11.5 Å². The first-order valence-corrected chi connectivity index (χ1v) is 5.99. The molecule has 0 heterocycles. The van der Waals surface area contributed by atoms with Gasteiger partial charge in [-0.2, -0.15) is 0 Å². The third-order valence-electron chi connectivity index (χ3n) is 2.80. The van der Waals surface area contributed by atoms with Crippen molar-refractivity contribution in [2.45, 2.75) is 13.3 Å². The summed E-state index contributed by atoms with van der Waals surface area (Å²) in [4.78, 5) is 11.1. The molecule has 0 spiro atoms. The van der Waals surface area contributed by atoms with Gasteiger partial charge in [-0.3, -0.25) is 0 Å². The molecule has 4 nitrogen and oxygen atoms in total. The summed E-state index contributed by atoms with van der Waals surface area (Å²) in [5, 5.41) is 9.10. The average molecular weight is 257 g/mol. The Morgan fingerprint density at radius 1 is 1.21 bits per heavy atom. The van der Waals surface area contributed by atoms with E-state index in [0.717, 1.165) is 6.42 Å². The minimum absolute atomic E-state index is 0.0915. The van der Waals surface area contributed by atoms with Gasteiger partial charge in [0.2, 0.25) is 0 Å². The van der Waals surface area contributed by atoms with Gasteiger partial charge < -0.3 is 15.6 Å². The third kappa shape index (κ3) is 3.04. The molecule has 2 rings (SSSR count). The summed E-state index contributed by atoms with van der Waals surface area (Å²) >= 11 is 0. The minimum Gasteiger partial charge on any atom is -0.478 e. The van der Waals surface area contributed by atoms with Gasteiger partial charge >= 0.3 is 5.97 Å². The van der Waals surface area contributed by atoms with E-state index in [1.807, 2.05) is 24.3 Å². The standard InChI is InChI=1S/C15H15NO3/c1-2-10-3-6-12(7-4-10)19-14-9-11(16)5-8-13(14)15(17)18/h3-9H,2,16H2,1H3,(H,17,18). The number of anilines is 1. The highest BCUT2D eigenvalue weighted by atomic mass is 16.5. The van der Waals surface area contributed by atoms with Gasteiger partial charge in [0, 0.05) is 11.8 Å². The number of carboxylic acid groups (broad SMARTS) is 1. The Morgan fingerprint density at radius 3 is 2.47 bits per heavy atom. The molecule has 0 unspecified atom stereocenters. The van der Waals surface area contributed by atoms with Gasteiger partial charge in [0.1, 0.15) is 17.1 Å². The molecular formula is C15H15NO3. The van der Waals surface area contributed by atoms with Gasteiger partial charge in [0.05, 0.1) is 0 Å². The smallest absolute Gasteiger partial charge is 0.339 e. The zero-order valence-electron chi connectivity index (χ0n) is 10.6. The summed E-state index contributed by atoms with van der Waals surface area (Å²) in [6, 6.07) is 12.0. The summed E-state index contributed by atoms with van der Waals surface area (Å²) in [5.41, 5.74) is 7.40. The summed E-state index contributed by atoms with van der Waals surface area (Å²) in [7, 11) is 0. The number of nitrogens with two attached hydrogens (primary N) is 1. The number of benzene rings is 2. The van der Waals surface area contributed by atoms with E-state index >= 15 is 0 Å². The van der Waals surface area contributed by atoms with Gasteiger partial charge in [-0.05, 0) is 36.2 Å². The van der Waals surface area contributed by atoms with Crippen molar-refractivity contribution >= 4 is 11.7 Å². The van der Waals surface area contributed by atoms with E-state index in [-0.39, 0.29) is 11.3 Å². The lowest BCUT2D eigenvalue weighted by Gasteiger charge is -2.10. The van der Waals surface area contributed by atoms with E-state index in [4.69, 9.17) is 15.6 Å². The fourth-order valence-electron chi connectivity index (χ4n) is 1.72. The van der Waals surface area contributed by atoms with Crippen LogP contribution in [0.4, 0.5) is 5.69 Å². The molecule has 0 radical (unpaired) electrons. The Hall–Kier alpha value is -2.49. The van der Waals surface area contributed by atoms with Crippen LogP contribution < -0.4 is 10.5 Å². The molecule has 0 saturated carbocycles. The number of hydrogen-bond donors (Lipinski definition) is 2. The molecule has 0 bridgehead atoms. The van der Waals surface area contributed by atoms with E-state index in [2.05, 4.69) is 6.92 Å². The van der Waals surface area contributed by atoms with E-state index < -0.39 is 5.97 Å². The van der Waals surface area contributed by atoms with Gasteiger partial charge in [0.15, 0.2) is 0 Å². The maximum absolute atomic E-state index is 11.1. The van der Waals surface area contributed by atoms with Crippen LogP contribution in [0.1, 0.15) is 22.8 Å². The highest BCUT2D eigenvalue weighted by Crippen LogP contribution is 2.27. The van der Waals surface area contributed by atoms with Crippen molar-refractivity contribution in [2.24, 2.45) is 0 Å². The molecule has 0 aliphatic rings. The predicted molar refractivity (Wildman–Crippen MR) is 73.7 cm³/mol. The highest BCUT2D eigenvalue weighted by molar-refractivity contribution is 5.91. The second-order valence-electron chi connectivity index (χ2n) is 4.16. The molecule has 0 amide bonds. The van der Waals surface area contributed by atoms with Crippen molar-refractivity contribution in [1.29, 1.82) is 0 Å². The molecule has 3 N–H and O–H groups in total. The molecule has 0 aliphatic heterocycles. The molecule has 98 valence electrons. The molecule has 0 aromatic heterocycles. The number of aryl methyl sites for hydroxylation is 1. The van der Waals surface area contributed by atoms with Crippen LogP contribution in [-0.2, 0) is 6.42 Å². The van der Waals surface area contributed by atoms with Crippen molar-refractivity contribution in [3.05, 3.63) is 53.6 Å². The summed E-state index contributed by atoms with van der Waals surface area (Å²) in [6.07, 6.45) is 0.943. The molecule has 2 aromatic carbocycles. The Bertz CT molecular complexity index is 591. The van der Waals surface area contributed by atoms with Crippen molar-refractivity contribution in [1.82, 2.24) is 0 Å². The molecule has 4 heteroatoms. The molecule has 2 aromatic rings. The summed E-state index contributed by atoms with van der Waals surface area (Å²) in [5.74, 6) is -0.206. The normalized spacial score (nSPS) is 10.2. The second-order valence-corrected chi connectivity index (χ2v) is 4.16. The zero-order valence-corrected chi connectivity index (χ0v) is 10.6. The quantitative estimate of drug-likeness (QED) is 0.824. The van der Waals surface area contributed by atoms with Crippen LogP contribution in [-0.4, -0.2) is 11.1 Å². The second kappa shape index (κ2) is 5.44. The molecule has 19 heavy (non-hydrogen) atoms. The first-order chi connectivity index (χ1) is 9.10. The zero-order chi connectivity index (χ0) is 13.8. The maximum Gasteiger partial charge on any atom is 0.339 e. The van der Waals surface area contributed by atoms with E-state index in [1.165, 1.54) is 23.8 Å². The molecule has 0 aliphatic carbocycles. The molecule has 0 fully saturated rings. The number of nitrogen functional groups attached to an aromatic ring is 1. The lowest BCUT2D eigenvalue weighted by atomic mass is 10.1. The third-order valence-corrected chi connectivity index (χ3v) is 2.80.